The third-order valence-electron chi connectivity index (χ3n) is 3.97. The van der Waals surface area contributed by atoms with Crippen molar-refractivity contribution in [1.29, 1.82) is 0 Å². The van der Waals surface area contributed by atoms with E-state index in [4.69, 9.17) is 9.26 Å². The lowest BCUT2D eigenvalue weighted by atomic mass is 10.1. The molecule has 3 heterocycles. The summed E-state index contributed by atoms with van der Waals surface area (Å²) in [6.45, 7) is 3.35. The molecule has 1 aliphatic heterocycles. The van der Waals surface area contributed by atoms with Crippen molar-refractivity contribution in [3.63, 3.8) is 0 Å². The first-order valence-corrected chi connectivity index (χ1v) is 7.26. The van der Waals surface area contributed by atoms with Crippen LogP contribution in [-0.4, -0.2) is 28.3 Å². The first-order valence-electron chi connectivity index (χ1n) is 7.26. The van der Waals surface area contributed by atoms with Crippen LogP contribution in [0, 0.1) is 6.92 Å². The molecule has 22 heavy (non-hydrogen) atoms. The number of ether oxygens (including phenoxy) is 1. The van der Waals surface area contributed by atoms with Crippen LogP contribution in [0.4, 0.5) is 0 Å². The van der Waals surface area contributed by atoms with Crippen molar-refractivity contribution in [3.8, 4) is 11.5 Å². The summed E-state index contributed by atoms with van der Waals surface area (Å²) in [7, 11) is 0. The number of aryl methyl sites for hydroxylation is 1. The molecule has 1 fully saturated rings. The summed E-state index contributed by atoms with van der Waals surface area (Å²) >= 11 is 0. The van der Waals surface area contributed by atoms with Gasteiger partial charge in [-0.2, -0.15) is 4.98 Å². The molecular formula is C16H15N3O3. The Morgan fingerprint density at radius 2 is 2.23 bits per heavy atom. The highest BCUT2D eigenvalue weighted by Gasteiger charge is 2.24. The van der Waals surface area contributed by atoms with Crippen molar-refractivity contribution in [1.82, 2.24) is 15.1 Å². The molecule has 3 aromatic rings. The van der Waals surface area contributed by atoms with Crippen molar-refractivity contribution in [3.05, 3.63) is 46.0 Å². The second kappa shape index (κ2) is 5.06. The number of fused-ring (bicyclic) bond motifs is 1. The van der Waals surface area contributed by atoms with Gasteiger partial charge in [0.05, 0.1) is 12.2 Å². The standard InChI is InChI=1S/C16H15N3O3/c1-9-2-3-13-11(6-9)12(7-14(20)17-13)16-18-15(19-22-16)10-4-5-21-8-10/h2-3,6-7,10H,4-5,8H2,1H3,(H,17,20)/t10-/m0/s1. The number of benzene rings is 1. The minimum atomic E-state index is -0.185. The molecule has 4 rings (SSSR count). The zero-order chi connectivity index (χ0) is 15.1. The average Bonchev–Trinajstić information content (AvgIpc) is 3.17. The van der Waals surface area contributed by atoms with Crippen molar-refractivity contribution in [2.24, 2.45) is 0 Å². The van der Waals surface area contributed by atoms with Gasteiger partial charge in [0.1, 0.15) is 0 Å². The Morgan fingerprint density at radius 1 is 1.32 bits per heavy atom. The molecule has 0 amide bonds. The number of nitrogens with zero attached hydrogens (tertiary/aromatic N) is 2. The number of rotatable bonds is 2. The SMILES string of the molecule is Cc1ccc2[nH]c(=O)cc(-c3nc([C@H]4CCOC4)no3)c2c1. The number of pyridine rings is 1. The van der Waals surface area contributed by atoms with E-state index < -0.39 is 0 Å². The van der Waals surface area contributed by atoms with E-state index in [1.807, 2.05) is 25.1 Å². The number of nitrogens with one attached hydrogen (secondary N) is 1. The smallest absolute Gasteiger partial charge is 0.258 e. The van der Waals surface area contributed by atoms with Gasteiger partial charge in [0, 0.05) is 29.5 Å². The summed E-state index contributed by atoms with van der Waals surface area (Å²) in [5.41, 5.74) is 2.34. The quantitative estimate of drug-likeness (QED) is 0.785. The summed E-state index contributed by atoms with van der Waals surface area (Å²) in [5, 5.41) is 4.96. The van der Waals surface area contributed by atoms with E-state index in [-0.39, 0.29) is 11.5 Å². The van der Waals surface area contributed by atoms with E-state index in [2.05, 4.69) is 15.1 Å². The van der Waals surface area contributed by atoms with Gasteiger partial charge >= 0.3 is 0 Å². The van der Waals surface area contributed by atoms with E-state index in [0.717, 1.165) is 29.5 Å². The van der Waals surface area contributed by atoms with Gasteiger partial charge in [0.2, 0.25) is 5.56 Å². The molecule has 0 spiro atoms. The second-order valence-electron chi connectivity index (χ2n) is 5.61. The average molecular weight is 297 g/mol. The predicted octanol–water partition coefficient (Wildman–Crippen LogP) is 2.39. The summed E-state index contributed by atoms with van der Waals surface area (Å²) in [5.74, 6) is 1.20. The number of H-pyrrole nitrogens is 1. The lowest BCUT2D eigenvalue weighted by Crippen LogP contribution is -2.05. The summed E-state index contributed by atoms with van der Waals surface area (Å²) < 4.78 is 10.8. The van der Waals surface area contributed by atoms with Crippen LogP contribution in [0.5, 0.6) is 0 Å². The minimum absolute atomic E-state index is 0.174. The molecular weight excluding hydrogens is 282 g/mol. The molecule has 1 N–H and O–H groups in total. The van der Waals surface area contributed by atoms with Gasteiger partial charge < -0.3 is 14.2 Å². The Hall–Kier alpha value is -2.47. The lowest BCUT2D eigenvalue weighted by Gasteiger charge is -2.03. The Kier molecular flexibility index (Phi) is 3.04. The molecule has 112 valence electrons. The van der Waals surface area contributed by atoms with Crippen LogP contribution in [-0.2, 0) is 4.74 Å². The van der Waals surface area contributed by atoms with Gasteiger partial charge in [0.15, 0.2) is 5.82 Å². The van der Waals surface area contributed by atoms with E-state index >= 15 is 0 Å². The topological polar surface area (TPSA) is 81.0 Å². The highest BCUT2D eigenvalue weighted by atomic mass is 16.5. The van der Waals surface area contributed by atoms with Crippen LogP contribution < -0.4 is 5.56 Å². The fourth-order valence-corrected chi connectivity index (χ4v) is 2.79. The predicted molar refractivity (Wildman–Crippen MR) is 80.8 cm³/mol. The largest absolute Gasteiger partial charge is 0.381 e. The van der Waals surface area contributed by atoms with Gasteiger partial charge in [-0.15, -0.1) is 0 Å². The number of hydrogen-bond donors (Lipinski definition) is 1. The molecule has 2 aromatic heterocycles. The third kappa shape index (κ3) is 2.21. The van der Waals surface area contributed by atoms with Crippen LogP contribution in [0.25, 0.3) is 22.4 Å². The minimum Gasteiger partial charge on any atom is -0.381 e. The third-order valence-corrected chi connectivity index (χ3v) is 3.97. The Labute approximate surface area is 126 Å². The first-order chi connectivity index (χ1) is 10.7. The van der Waals surface area contributed by atoms with Gasteiger partial charge in [-0.3, -0.25) is 4.79 Å². The Balaban J connectivity index is 1.86. The molecule has 1 atom stereocenters. The number of aromatic nitrogens is 3. The van der Waals surface area contributed by atoms with E-state index in [0.29, 0.717) is 23.9 Å². The summed E-state index contributed by atoms with van der Waals surface area (Å²) in [6.07, 6.45) is 0.897. The fraction of sp³-hybridized carbons (Fsp3) is 0.312. The molecule has 0 saturated carbocycles. The highest BCUT2D eigenvalue weighted by Crippen LogP contribution is 2.29. The number of hydrogen-bond acceptors (Lipinski definition) is 5. The molecule has 6 nitrogen and oxygen atoms in total. The molecule has 1 aromatic carbocycles. The monoisotopic (exact) mass is 297 g/mol. The molecule has 6 heteroatoms. The van der Waals surface area contributed by atoms with Crippen LogP contribution in [0.3, 0.4) is 0 Å². The Morgan fingerprint density at radius 3 is 3.05 bits per heavy atom. The molecule has 0 bridgehead atoms. The normalized spacial score (nSPS) is 18.1. The summed E-state index contributed by atoms with van der Waals surface area (Å²) in [6, 6.07) is 7.35. The Bertz CT molecular complexity index is 891. The zero-order valence-corrected chi connectivity index (χ0v) is 12.1. The maximum absolute atomic E-state index is 11.9. The molecule has 0 unspecified atom stereocenters. The highest BCUT2D eigenvalue weighted by molar-refractivity contribution is 5.92. The van der Waals surface area contributed by atoms with Crippen molar-refractivity contribution < 1.29 is 9.26 Å². The number of aromatic amines is 1. The van der Waals surface area contributed by atoms with Gasteiger partial charge in [0.25, 0.3) is 5.89 Å². The summed E-state index contributed by atoms with van der Waals surface area (Å²) in [4.78, 5) is 19.2. The van der Waals surface area contributed by atoms with Gasteiger partial charge in [-0.05, 0) is 25.5 Å². The molecule has 0 radical (unpaired) electrons. The van der Waals surface area contributed by atoms with Crippen LogP contribution in [0.1, 0.15) is 23.7 Å². The maximum atomic E-state index is 11.9. The zero-order valence-electron chi connectivity index (χ0n) is 12.1. The van der Waals surface area contributed by atoms with Crippen molar-refractivity contribution in [2.75, 3.05) is 13.2 Å². The lowest BCUT2D eigenvalue weighted by molar-refractivity contribution is 0.192. The van der Waals surface area contributed by atoms with Crippen molar-refractivity contribution in [2.45, 2.75) is 19.3 Å². The molecule has 0 aliphatic carbocycles. The van der Waals surface area contributed by atoms with Gasteiger partial charge in [-0.1, -0.05) is 16.8 Å². The maximum Gasteiger partial charge on any atom is 0.258 e. The van der Waals surface area contributed by atoms with Crippen LogP contribution >= 0.6 is 0 Å². The van der Waals surface area contributed by atoms with E-state index in [9.17, 15) is 4.79 Å². The van der Waals surface area contributed by atoms with Crippen LogP contribution in [0.15, 0.2) is 33.6 Å². The molecule has 1 aliphatic rings. The second-order valence-corrected chi connectivity index (χ2v) is 5.61. The van der Waals surface area contributed by atoms with E-state index in [1.165, 1.54) is 6.07 Å². The fourth-order valence-electron chi connectivity index (χ4n) is 2.79. The van der Waals surface area contributed by atoms with Gasteiger partial charge in [-0.25, -0.2) is 0 Å². The molecule has 1 saturated heterocycles. The van der Waals surface area contributed by atoms with E-state index in [1.54, 1.807) is 0 Å². The van der Waals surface area contributed by atoms with Crippen LogP contribution in [0.2, 0.25) is 0 Å². The first kappa shape index (κ1) is 13.2. The van der Waals surface area contributed by atoms with Crippen molar-refractivity contribution >= 4 is 10.9 Å².